The smallest absolute Gasteiger partial charge is 0.293 e. The summed E-state index contributed by atoms with van der Waals surface area (Å²) in [6.45, 7) is 0.516. The van der Waals surface area contributed by atoms with Gasteiger partial charge < -0.3 is 9.15 Å². The number of rotatable bonds is 6. The first kappa shape index (κ1) is 14.9. The van der Waals surface area contributed by atoms with Gasteiger partial charge in [-0.3, -0.25) is 4.79 Å². The van der Waals surface area contributed by atoms with Crippen LogP contribution in [-0.4, -0.2) is 12.6 Å². The zero-order valence-corrected chi connectivity index (χ0v) is 13.0. The van der Waals surface area contributed by atoms with E-state index in [1.807, 2.05) is 24.3 Å². The van der Waals surface area contributed by atoms with Gasteiger partial charge in [0, 0.05) is 10.9 Å². The summed E-state index contributed by atoms with van der Waals surface area (Å²) < 4.78 is 24.5. The highest BCUT2D eigenvalue weighted by atomic mass is 19.1. The molecule has 0 spiro atoms. The van der Waals surface area contributed by atoms with Crippen LogP contribution in [0.4, 0.5) is 4.39 Å². The van der Waals surface area contributed by atoms with E-state index >= 15 is 0 Å². The van der Waals surface area contributed by atoms with Gasteiger partial charge in [0.05, 0.1) is 12.2 Å². The van der Waals surface area contributed by atoms with E-state index in [2.05, 4.69) is 0 Å². The normalized spacial score (nSPS) is 16.7. The van der Waals surface area contributed by atoms with Crippen molar-refractivity contribution in [1.82, 2.24) is 0 Å². The van der Waals surface area contributed by atoms with Gasteiger partial charge in [-0.25, -0.2) is 4.39 Å². The summed E-state index contributed by atoms with van der Waals surface area (Å²) >= 11 is 0. The van der Waals surface area contributed by atoms with Crippen LogP contribution in [-0.2, 0) is 9.53 Å². The molecule has 0 N–H and O–H groups in total. The summed E-state index contributed by atoms with van der Waals surface area (Å²) in [6.07, 6.45) is 3.52. The zero-order chi connectivity index (χ0) is 16.5. The number of para-hydroxylation sites is 1. The summed E-state index contributed by atoms with van der Waals surface area (Å²) in [6, 6.07) is 14.2. The first-order chi connectivity index (χ1) is 11.8. The van der Waals surface area contributed by atoms with Crippen molar-refractivity contribution in [1.29, 1.82) is 0 Å². The average molecular weight is 324 g/mol. The minimum atomic E-state index is -0.283. The highest BCUT2D eigenvalue weighted by molar-refractivity contribution is 5.82. The second-order valence-corrected chi connectivity index (χ2v) is 6.25. The fourth-order valence-corrected chi connectivity index (χ4v) is 3.41. The molecule has 4 rings (SSSR count). The van der Waals surface area contributed by atoms with E-state index in [0.29, 0.717) is 12.4 Å². The van der Waals surface area contributed by atoms with Gasteiger partial charge in [0.2, 0.25) is 0 Å². The first-order valence-corrected chi connectivity index (χ1v) is 8.08. The Kier molecular flexibility index (Phi) is 3.81. The molecule has 0 aliphatic heterocycles. The van der Waals surface area contributed by atoms with Crippen LogP contribution in [0, 0.1) is 11.7 Å². The van der Waals surface area contributed by atoms with E-state index in [1.54, 1.807) is 18.4 Å². The van der Waals surface area contributed by atoms with Crippen molar-refractivity contribution in [3.8, 4) is 0 Å². The molecule has 1 aromatic heterocycles. The highest BCUT2D eigenvalue weighted by Gasteiger charge is 2.40. The number of halogens is 1. The molecule has 2 aromatic carbocycles. The Bertz CT molecular complexity index is 849. The maximum Gasteiger partial charge on any atom is 0.293 e. The van der Waals surface area contributed by atoms with Crippen LogP contribution in [0.15, 0.2) is 59.2 Å². The number of carbonyl (C=O) groups is 1. The third-order valence-corrected chi connectivity index (χ3v) is 4.70. The molecule has 4 heteroatoms. The van der Waals surface area contributed by atoms with E-state index in [4.69, 9.17) is 9.15 Å². The highest BCUT2D eigenvalue weighted by Crippen LogP contribution is 2.45. The van der Waals surface area contributed by atoms with Gasteiger partial charge in [-0.15, -0.1) is 0 Å². The Labute approximate surface area is 139 Å². The quantitative estimate of drug-likeness (QED) is 0.619. The Morgan fingerprint density at radius 2 is 1.88 bits per heavy atom. The van der Waals surface area contributed by atoms with E-state index in [-0.39, 0.29) is 17.8 Å². The van der Waals surface area contributed by atoms with Crippen molar-refractivity contribution in [2.75, 3.05) is 0 Å². The molecule has 0 amide bonds. The third-order valence-electron chi connectivity index (χ3n) is 4.70. The third kappa shape index (κ3) is 2.68. The lowest BCUT2D eigenvalue weighted by molar-refractivity contribution is -0.135. The van der Waals surface area contributed by atoms with E-state index < -0.39 is 0 Å². The standard InChI is InChI=1S/C20H17FO3/c21-15-9-7-13(8-10-15)19(20(24-12-22)14-5-6-14)17-11-23-18-4-2-1-3-16(17)18/h1-4,7-12,14,19-20H,5-6H2. The Morgan fingerprint density at radius 1 is 1.12 bits per heavy atom. The minimum Gasteiger partial charge on any atom is -0.464 e. The number of benzene rings is 2. The van der Waals surface area contributed by atoms with Gasteiger partial charge in [0.25, 0.3) is 6.47 Å². The largest absolute Gasteiger partial charge is 0.464 e. The second kappa shape index (κ2) is 6.11. The maximum absolute atomic E-state index is 13.4. The Hall–Kier alpha value is -2.62. The average Bonchev–Trinajstić information content (AvgIpc) is 3.36. The summed E-state index contributed by atoms with van der Waals surface area (Å²) in [5, 5.41) is 0.993. The molecular formula is C20H17FO3. The van der Waals surface area contributed by atoms with E-state index in [1.165, 1.54) is 12.1 Å². The molecule has 2 atom stereocenters. The molecule has 24 heavy (non-hydrogen) atoms. The van der Waals surface area contributed by atoms with E-state index in [9.17, 15) is 9.18 Å². The van der Waals surface area contributed by atoms with Crippen molar-refractivity contribution in [2.24, 2.45) is 5.92 Å². The number of hydrogen-bond acceptors (Lipinski definition) is 3. The van der Waals surface area contributed by atoms with Gasteiger partial charge in [-0.1, -0.05) is 30.3 Å². The molecule has 1 saturated carbocycles. The molecule has 122 valence electrons. The molecule has 1 fully saturated rings. The van der Waals surface area contributed by atoms with Gasteiger partial charge in [-0.05, 0) is 42.5 Å². The Morgan fingerprint density at radius 3 is 2.58 bits per heavy atom. The molecular weight excluding hydrogens is 307 g/mol. The van der Waals surface area contributed by atoms with Crippen molar-refractivity contribution >= 4 is 17.4 Å². The molecule has 2 unspecified atom stereocenters. The lowest BCUT2D eigenvalue weighted by Crippen LogP contribution is -2.25. The number of furan rings is 1. The van der Waals surface area contributed by atoms with Gasteiger partial charge in [0.15, 0.2) is 0 Å². The first-order valence-electron chi connectivity index (χ1n) is 8.08. The van der Waals surface area contributed by atoms with Crippen molar-refractivity contribution in [2.45, 2.75) is 24.9 Å². The predicted octanol–water partition coefficient (Wildman–Crippen LogP) is 4.66. The zero-order valence-electron chi connectivity index (χ0n) is 13.0. The SMILES string of the molecule is O=COC(C1CC1)C(c1ccc(F)cc1)c1coc2ccccc12. The fraction of sp³-hybridized carbons (Fsp3) is 0.250. The number of ether oxygens (including phenoxy) is 1. The molecule has 1 heterocycles. The molecule has 3 aromatic rings. The number of fused-ring (bicyclic) bond motifs is 1. The minimum absolute atomic E-state index is 0.174. The Balaban J connectivity index is 1.85. The fourth-order valence-electron chi connectivity index (χ4n) is 3.41. The van der Waals surface area contributed by atoms with Crippen LogP contribution in [0.1, 0.15) is 29.9 Å². The van der Waals surface area contributed by atoms with Gasteiger partial charge in [0.1, 0.15) is 17.5 Å². The number of carbonyl (C=O) groups excluding carboxylic acids is 1. The molecule has 0 saturated heterocycles. The topological polar surface area (TPSA) is 39.4 Å². The molecule has 1 aliphatic rings. The van der Waals surface area contributed by atoms with E-state index in [0.717, 1.165) is 34.9 Å². The van der Waals surface area contributed by atoms with Crippen LogP contribution < -0.4 is 0 Å². The molecule has 0 bridgehead atoms. The molecule has 1 aliphatic carbocycles. The lowest BCUT2D eigenvalue weighted by Gasteiger charge is -2.26. The second-order valence-electron chi connectivity index (χ2n) is 6.25. The van der Waals surface area contributed by atoms with Crippen LogP contribution in [0.2, 0.25) is 0 Å². The summed E-state index contributed by atoms with van der Waals surface area (Å²) in [7, 11) is 0. The van der Waals surface area contributed by atoms with Gasteiger partial charge >= 0.3 is 0 Å². The van der Waals surface area contributed by atoms with Crippen molar-refractivity contribution in [3.05, 3.63) is 71.7 Å². The van der Waals surface area contributed by atoms with Crippen LogP contribution in [0.25, 0.3) is 11.0 Å². The van der Waals surface area contributed by atoms with Crippen LogP contribution in [0.3, 0.4) is 0 Å². The molecule has 3 nitrogen and oxygen atoms in total. The lowest BCUT2D eigenvalue weighted by atomic mass is 9.84. The van der Waals surface area contributed by atoms with Crippen LogP contribution >= 0.6 is 0 Å². The molecule has 0 radical (unpaired) electrons. The predicted molar refractivity (Wildman–Crippen MR) is 88.1 cm³/mol. The summed E-state index contributed by atoms with van der Waals surface area (Å²) in [5.74, 6) is -0.125. The summed E-state index contributed by atoms with van der Waals surface area (Å²) in [5.41, 5.74) is 2.68. The summed E-state index contributed by atoms with van der Waals surface area (Å²) in [4.78, 5) is 11.1. The maximum atomic E-state index is 13.4. The van der Waals surface area contributed by atoms with Gasteiger partial charge in [-0.2, -0.15) is 0 Å². The van der Waals surface area contributed by atoms with Crippen molar-refractivity contribution < 1.29 is 18.3 Å². The monoisotopic (exact) mass is 324 g/mol. The van der Waals surface area contributed by atoms with Crippen LogP contribution in [0.5, 0.6) is 0 Å². The number of hydrogen-bond donors (Lipinski definition) is 0. The van der Waals surface area contributed by atoms with Crippen molar-refractivity contribution in [3.63, 3.8) is 0 Å².